The Morgan fingerprint density at radius 2 is 1.52 bits per heavy atom. The summed E-state index contributed by atoms with van der Waals surface area (Å²) in [7, 11) is 0. The van der Waals surface area contributed by atoms with Crippen molar-refractivity contribution >= 4 is 16.9 Å². The summed E-state index contributed by atoms with van der Waals surface area (Å²) in [6.45, 7) is -0.150. The van der Waals surface area contributed by atoms with Gasteiger partial charge in [0, 0.05) is 10.9 Å². The topological polar surface area (TPSA) is 71.7 Å². The largest absolute Gasteiger partial charge is 0.546 e. The van der Waals surface area contributed by atoms with Crippen LogP contribution < -0.4 is 9.84 Å². The van der Waals surface area contributed by atoms with Crippen LogP contribution in [0.3, 0.4) is 0 Å². The molecule has 3 aromatic carbocycles. The third-order valence-corrected chi connectivity index (χ3v) is 5.08. The maximum atomic E-state index is 10.7. The van der Waals surface area contributed by atoms with E-state index in [1.807, 2.05) is 42.5 Å². The van der Waals surface area contributed by atoms with Gasteiger partial charge in [0.15, 0.2) is 11.3 Å². The summed E-state index contributed by atoms with van der Waals surface area (Å²) in [5.41, 5.74) is 3.84. The van der Waals surface area contributed by atoms with Crippen molar-refractivity contribution in [2.75, 3.05) is 6.61 Å². The van der Waals surface area contributed by atoms with Crippen molar-refractivity contribution in [1.29, 1.82) is 0 Å². The van der Waals surface area contributed by atoms with E-state index in [0.717, 1.165) is 23.8 Å². The van der Waals surface area contributed by atoms with Gasteiger partial charge in [-0.3, -0.25) is 0 Å². The van der Waals surface area contributed by atoms with E-state index >= 15 is 0 Å². The van der Waals surface area contributed by atoms with Crippen LogP contribution in [0.15, 0.2) is 89.5 Å². The Bertz CT molecular complexity index is 1080. The van der Waals surface area contributed by atoms with Crippen molar-refractivity contribution in [2.45, 2.75) is 25.6 Å². The van der Waals surface area contributed by atoms with E-state index in [1.165, 1.54) is 11.1 Å². The number of fused-ring (bicyclic) bond motifs is 1. The van der Waals surface area contributed by atoms with Crippen molar-refractivity contribution < 1.29 is 23.8 Å². The number of carboxylic acids is 1. The third kappa shape index (κ3) is 5.53. The SMILES string of the molecule is O=C([O-])COc1cccc2c(COC(Cc3ccccc3)Cc3ccccc3)coc12. The molecule has 0 aliphatic rings. The molecule has 0 N–H and O–H groups in total. The molecule has 31 heavy (non-hydrogen) atoms. The molecule has 1 aromatic heterocycles. The summed E-state index contributed by atoms with van der Waals surface area (Å²) in [5, 5.41) is 11.5. The minimum Gasteiger partial charge on any atom is -0.546 e. The number of rotatable bonds is 10. The van der Waals surface area contributed by atoms with E-state index in [2.05, 4.69) is 24.3 Å². The Morgan fingerprint density at radius 3 is 2.13 bits per heavy atom. The average Bonchev–Trinajstić information content (AvgIpc) is 3.21. The lowest BCUT2D eigenvalue weighted by atomic mass is 10.0. The van der Waals surface area contributed by atoms with E-state index in [1.54, 1.807) is 18.4 Å². The molecule has 0 amide bonds. The highest BCUT2D eigenvalue weighted by Crippen LogP contribution is 2.30. The maximum Gasteiger partial charge on any atom is 0.176 e. The summed E-state index contributed by atoms with van der Waals surface area (Å²) < 4.78 is 17.3. The van der Waals surface area contributed by atoms with Crippen LogP contribution in [0, 0.1) is 0 Å². The smallest absolute Gasteiger partial charge is 0.176 e. The van der Waals surface area contributed by atoms with E-state index in [9.17, 15) is 9.90 Å². The molecule has 158 valence electrons. The highest BCUT2D eigenvalue weighted by atomic mass is 16.5. The van der Waals surface area contributed by atoms with E-state index < -0.39 is 12.6 Å². The minimum atomic E-state index is -1.28. The first kappa shape index (κ1) is 20.7. The molecule has 0 aliphatic carbocycles. The number of hydrogen-bond donors (Lipinski definition) is 0. The number of carbonyl (C=O) groups is 1. The molecule has 1 heterocycles. The van der Waals surface area contributed by atoms with Crippen LogP contribution in [0.4, 0.5) is 0 Å². The number of carboxylic acid groups (broad SMARTS) is 1. The van der Waals surface area contributed by atoms with E-state index in [0.29, 0.717) is 17.9 Å². The zero-order chi connectivity index (χ0) is 21.5. The maximum absolute atomic E-state index is 10.7. The lowest BCUT2D eigenvalue weighted by Crippen LogP contribution is -2.28. The Labute approximate surface area is 180 Å². The number of furan rings is 1. The first-order valence-corrected chi connectivity index (χ1v) is 10.2. The fourth-order valence-electron chi connectivity index (χ4n) is 3.60. The fraction of sp³-hybridized carbons (Fsp3) is 0.192. The van der Waals surface area contributed by atoms with Crippen molar-refractivity contribution in [3.63, 3.8) is 0 Å². The van der Waals surface area contributed by atoms with Crippen LogP contribution >= 0.6 is 0 Å². The summed E-state index contributed by atoms with van der Waals surface area (Å²) in [6, 6.07) is 26.0. The van der Waals surface area contributed by atoms with Crippen molar-refractivity contribution in [3.8, 4) is 5.75 Å². The predicted octanol–water partition coefficient (Wildman–Crippen LogP) is 3.93. The van der Waals surface area contributed by atoms with Gasteiger partial charge in [0.05, 0.1) is 24.9 Å². The second kappa shape index (κ2) is 9.96. The van der Waals surface area contributed by atoms with Gasteiger partial charge in [-0.15, -0.1) is 0 Å². The molecule has 5 nitrogen and oxygen atoms in total. The molecule has 0 aliphatic heterocycles. The van der Waals surface area contributed by atoms with Crippen LogP contribution in [-0.4, -0.2) is 18.7 Å². The molecular formula is C26H23O5-. The Kier molecular flexibility index (Phi) is 6.65. The van der Waals surface area contributed by atoms with Gasteiger partial charge in [-0.25, -0.2) is 0 Å². The van der Waals surface area contributed by atoms with Gasteiger partial charge in [-0.05, 0) is 30.0 Å². The lowest BCUT2D eigenvalue weighted by Gasteiger charge is -2.18. The number of para-hydroxylation sites is 1. The van der Waals surface area contributed by atoms with Gasteiger partial charge >= 0.3 is 0 Å². The van der Waals surface area contributed by atoms with Gasteiger partial charge in [0.2, 0.25) is 0 Å². The Hall–Kier alpha value is -3.57. The molecule has 5 heteroatoms. The molecule has 0 fully saturated rings. The number of hydrogen-bond acceptors (Lipinski definition) is 5. The minimum absolute atomic E-state index is 0.00716. The second-order valence-electron chi connectivity index (χ2n) is 7.37. The summed E-state index contributed by atoms with van der Waals surface area (Å²) in [4.78, 5) is 10.7. The van der Waals surface area contributed by atoms with Crippen LogP contribution in [0.1, 0.15) is 16.7 Å². The Morgan fingerprint density at radius 1 is 0.871 bits per heavy atom. The van der Waals surface area contributed by atoms with Gasteiger partial charge < -0.3 is 23.8 Å². The average molecular weight is 415 g/mol. The van der Waals surface area contributed by atoms with E-state index in [4.69, 9.17) is 13.9 Å². The monoisotopic (exact) mass is 415 g/mol. The highest BCUT2D eigenvalue weighted by molar-refractivity contribution is 5.86. The second-order valence-corrected chi connectivity index (χ2v) is 7.37. The molecular weight excluding hydrogens is 392 g/mol. The van der Waals surface area contributed by atoms with Crippen LogP contribution in [0.2, 0.25) is 0 Å². The number of aliphatic carboxylic acids is 1. The summed E-state index contributed by atoms with van der Waals surface area (Å²) in [5.74, 6) is -0.908. The van der Waals surface area contributed by atoms with Gasteiger partial charge in [0.25, 0.3) is 0 Å². The van der Waals surface area contributed by atoms with Crippen LogP contribution in [-0.2, 0) is 29.0 Å². The van der Waals surface area contributed by atoms with Gasteiger partial charge in [-0.1, -0.05) is 72.8 Å². The van der Waals surface area contributed by atoms with E-state index in [-0.39, 0.29) is 6.10 Å². The lowest BCUT2D eigenvalue weighted by molar-refractivity contribution is -0.307. The van der Waals surface area contributed by atoms with Crippen molar-refractivity contribution in [2.24, 2.45) is 0 Å². The molecule has 0 radical (unpaired) electrons. The van der Waals surface area contributed by atoms with Crippen LogP contribution in [0.5, 0.6) is 5.75 Å². The number of carbonyl (C=O) groups excluding carboxylic acids is 1. The molecule has 0 atom stereocenters. The van der Waals surface area contributed by atoms with Gasteiger partial charge in [-0.2, -0.15) is 0 Å². The first-order valence-electron chi connectivity index (χ1n) is 10.2. The molecule has 4 rings (SSSR count). The molecule has 4 aromatic rings. The third-order valence-electron chi connectivity index (χ3n) is 5.08. The fourth-order valence-corrected chi connectivity index (χ4v) is 3.60. The van der Waals surface area contributed by atoms with Gasteiger partial charge in [0.1, 0.15) is 6.61 Å². The number of benzene rings is 3. The van der Waals surface area contributed by atoms with Crippen molar-refractivity contribution in [3.05, 3.63) is 102 Å². The quantitative estimate of drug-likeness (QED) is 0.392. The molecule has 0 unspecified atom stereocenters. The van der Waals surface area contributed by atoms with Crippen LogP contribution in [0.25, 0.3) is 11.0 Å². The molecule has 0 bridgehead atoms. The first-order chi connectivity index (χ1) is 15.2. The standard InChI is InChI=1S/C26H24O5/c27-25(28)18-30-24-13-7-12-23-21(17-31-26(23)24)16-29-22(14-19-8-3-1-4-9-19)15-20-10-5-2-6-11-20/h1-13,17,22H,14-16,18H2,(H,27,28)/p-1. The molecule has 0 spiro atoms. The van der Waals surface area contributed by atoms with Crippen molar-refractivity contribution in [1.82, 2.24) is 0 Å². The zero-order valence-corrected chi connectivity index (χ0v) is 17.0. The molecule has 0 saturated heterocycles. The summed E-state index contributed by atoms with van der Waals surface area (Å²) in [6.07, 6.45) is 3.22. The number of ether oxygens (including phenoxy) is 2. The predicted molar refractivity (Wildman–Crippen MR) is 116 cm³/mol. The zero-order valence-electron chi connectivity index (χ0n) is 17.0. The highest BCUT2D eigenvalue weighted by Gasteiger charge is 2.15. The Balaban J connectivity index is 1.50. The normalized spacial score (nSPS) is 11.1. The molecule has 0 saturated carbocycles. The summed E-state index contributed by atoms with van der Waals surface area (Å²) >= 11 is 0.